The van der Waals surface area contributed by atoms with Crippen molar-refractivity contribution in [1.82, 2.24) is 10.2 Å². The molecule has 0 aliphatic carbocycles. The summed E-state index contributed by atoms with van der Waals surface area (Å²) in [7, 11) is -3.74. The molecule has 2 aromatic rings. The number of fused-ring (bicyclic) bond motifs is 1. The van der Waals surface area contributed by atoms with Crippen molar-refractivity contribution in [2.75, 3.05) is 30.5 Å². The lowest BCUT2D eigenvalue weighted by atomic mass is 10.1. The fourth-order valence-electron chi connectivity index (χ4n) is 3.86. The molecule has 1 atom stereocenters. The highest BCUT2D eigenvalue weighted by Gasteiger charge is 2.36. The summed E-state index contributed by atoms with van der Waals surface area (Å²) in [5, 5.41) is 3.21. The minimum absolute atomic E-state index is 0. The van der Waals surface area contributed by atoms with E-state index in [0.717, 1.165) is 24.3 Å². The quantitative estimate of drug-likeness (QED) is 0.825. The molecule has 8 heteroatoms. The van der Waals surface area contributed by atoms with Gasteiger partial charge in [0.25, 0.3) is 15.9 Å². The first-order valence-electron chi connectivity index (χ1n) is 9.21. The largest absolute Gasteiger partial charge is 0.336 e. The van der Waals surface area contributed by atoms with Crippen molar-refractivity contribution in [2.24, 2.45) is 0 Å². The van der Waals surface area contributed by atoms with Crippen LogP contribution in [0.3, 0.4) is 0 Å². The van der Waals surface area contributed by atoms with Gasteiger partial charge in [0, 0.05) is 37.8 Å². The number of hydrogen-bond acceptors (Lipinski definition) is 4. The zero-order chi connectivity index (χ0) is 19.0. The number of nitrogens with zero attached hydrogens (tertiary/aromatic N) is 2. The first-order chi connectivity index (χ1) is 13.0. The highest BCUT2D eigenvalue weighted by Crippen LogP contribution is 2.36. The normalized spacial score (nSPS) is 19.1. The summed E-state index contributed by atoms with van der Waals surface area (Å²) in [6, 6.07) is 13.8. The van der Waals surface area contributed by atoms with E-state index in [-0.39, 0.29) is 29.3 Å². The number of anilines is 1. The molecular formula is C20H24ClN3O3S. The number of carbonyl (C=O) groups excluding carboxylic acids is 1. The Kier molecular flexibility index (Phi) is 5.98. The topological polar surface area (TPSA) is 69.7 Å². The van der Waals surface area contributed by atoms with Gasteiger partial charge in [-0.15, -0.1) is 12.4 Å². The van der Waals surface area contributed by atoms with Crippen LogP contribution in [0.5, 0.6) is 0 Å². The van der Waals surface area contributed by atoms with E-state index in [4.69, 9.17) is 0 Å². The van der Waals surface area contributed by atoms with Crippen molar-refractivity contribution in [2.45, 2.75) is 24.3 Å². The lowest BCUT2D eigenvalue weighted by Gasteiger charge is -2.28. The van der Waals surface area contributed by atoms with Gasteiger partial charge in [0.05, 0.1) is 10.6 Å². The summed E-state index contributed by atoms with van der Waals surface area (Å²) >= 11 is 0. The van der Waals surface area contributed by atoms with Crippen LogP contribution in [-0.4, -0.2) is 51.4 Å². The Morgan fingerprint density at radius 3 is 2.54 bits per heavy atom. The smallest absolute Gasteiger partial charge is 0.264 e. The highest BCUT2D eigenvalue weighted by molar-refractivity contribution is 7.92. The van der Waals surface area contributed by atoms with Gasteiger partial charge in [-0.05, 0) is 43.2 Å². The molecule has 1 unspecified atom stereocenters. The Hall–Kier alpha value is -2.09. The predicted molar refractivity (Wildman–Crippen MR) is 112 cm³/mol. The maximum Gasteiger partial charge on any atom is 0.264 e. The van der Waals surface area contributed by atoms with Crippen LogP contribution in [0, 0.1) is 0 Å². The monoisotopic (exact) mass is 421 g/mol. The number of rotatable bonds is 3. The number of halogens is 1. The van der Waals surface area contributed by atoms with Crippen LogP contribution >= 0.6 is 12.4 Å². The lowest BCUT2D eigenvalue weighted by Crippen LogP contribution is -2.46. The number of piperazine rings is 1. The van der Waals surface area contributed by atoms with Crippen molar-refractivity contribution in [3.63, 3.8) is 0 Å². The summed E-state index contributed by atoms with van der Waals surface area (Å²) < 4.78 is 28.2. The van der Waals surface area contributed by atoms with Crippen LogP contribution in [0.25, 0.3) is 0 Å². The van der Waals surface area contributed by atoms with Crippen LogP contribution in [-0.2, 0) is 16.4 Å². The fourth-order valence-corrected chi connectivity index (χ4v) is 5.60. The minimum Gasteiger partial charge on any atom is -0.336 e. The molecule has 150 valence electrons. The van der Waals surface area contributed by atoms with Gasteiger partial charge in [-0.25, -0.2) is 8.42 Å². The molecule has 2 aliphatic heterocycles. The van der Waals surface area contributed by atoms with Gasteiger partial charge < -0.3 is 10.2 Å². The van der Waals surface area contributed by atoms with E-state index in [9.17, 15) is 13.2 Å². The molecule has 2 aromatic carbocycles. The molecule has 28 heavy (non-hydrogen) atoms. The van der Waals surface area contributed by atoms with Crippen LogP contribution < -0.4 is 9.62 Å². The maximum atomic E-state index is 13.3. The number of benzene rings is 2. The summed E-state index contributed by atoms with van der Waals surface area (Å²) in [5.41, 5.74) is 2.17. The van der Waals surface area contributed by atoms with E-state index < -0.39 is 10.0 Å². The lowest BCUT2D eigenvalue weighted by molar-refractivity contribution is 0.0735. The van der Waals surface area contributed by atoms with Crippen LogP contribution in [0.4, 0.5) is 5.69 Å². The molecule has 0 aromatic heterocycles. The Labute approximate surface area is 172 Å². The number of carbonyl (C=O) groups is 1. The van der Waals surface area contributed by atoms with Crippen LogP contribution in [0.15, 0.2) is 53.4 Å². The minimum atomic E-state index is -3.74. The molecule has 1 N–H and O–H groups in total. The van der Waals surface area contributed by atoms with Crippen molar-refractivity contribution < 1.29 is 13.2 Å². The number of sulfonamides is 1. The molecule has 2 heterocycles. The second-order valence-corrected chi connectivity index (χ2v) is 8.87. The standard InChI is InChI=1S/C20H23N3O3S.ClH/c1-15-13-16-5-2-3-8-19(16)23(15)27(25,26)18-7-4-6-17(14-18)20(24)22-11-9-21-10-12-22;/h2-8,14-15,21H,9-13H2,1H3;1H. The third-order valence-electron chi connectivity index (χ3n) is 5.19. The Balaban J connectivity index is 0.00000225. The molecule has 0 spiro atoms. The average molecular weight is 422 g/mol. The molecule has 1 saturated heterocycles. The summed E-state index contributed by atoms with van der Waals surface area (Å²) in [4.78, 5) is 14.7. The number of hydrogen-bond donors (Lipinski definition) is 1. The van der Waals surface area contributed by atoms with Gasteiger partial charge in [-0.2, -0.15) is 0 Å². The molecule has 0 radical (unpaired) electrons. The van der Waals surface area contributed by atoms with Crippen molar-refractivity contribution >= 4 is 34.0 Å². The second-order valence-electron chi connectivity index (χ2n) is 7.05. The summed E-state index contributed by atoms with van der Waals surface area (Å²) in [5.74, 6) is -0.122. The number of para-hydroxylation sites is 1. The van der Waals surface area contributed by atoms with E-state index in [1.165, 1.54) is 10.4 Å². The zero-order valence-corrected chi connectivity index (χ0v) is 17.3. The molecule has 1 fully saturated rings. The maximum absolute atomic E-state index is 13.3. The van der Waals surface area contributed by atoms with Gasteiger partial charge in [-0.1, -0.05) is 24.3 Å². The van der Waals surface area contributed by atoms with E-state index in [1.54, 1.807) is 23.1 Å². The van der Waals surface area contributed by atoms with Gasteiger partial charge >= 0.3 is 0 Å². The Morgan fingerprint density at radius 1 is 1.07 bits per heavy atom. The fraction of sp³-hybridized carbons (Fsp3) is 0.350. The van der Waals surface area contributed by atoms with Gasteiger partial charge in [0.1, 0.15) is 0 Å². The molecule has 2 aliphatic rings. The third-order valence-corrected chi connectivity index (χ3v) is 7.11. The third kappa shape index (κ3) is 3.62. The Morgan fingerprint density at radius 2 is 1.79 bits per heavy atom. The first kappa shape index (κ1) is 20.6. The van der Waals surface area contributed by atoms with Crippen LogP contribution in [0.2, 0.25) is 0 Å². The molecule has 0 bridgehead atoms. The Bertz CT molecular complexity index is 974. The highest BCUT2D eigenvalue weighted by atomic mass is 35.5. The molecule has 6 nitrogen and oxygen atoms in total. The molecule has 4 rings (SSSR count). The van der Waals surface area contributed by atoms with Crippen molar-refractivity contribution in [3.8, 4) is 0 Å². The number of amides is 1. The van der Waals surface area contributed by atoms with Gasteiger partial charge in [0.15, 0.2) is 0 Å². The van der Waals surface area contributed by atoms with Crippen molar-refractivity contribution in [3.05, 3.63) is 59.7 Å². The SMILES string of the molecule is CC1Cc2ccccc2N1S(=O)(=O)c1cccc(C(=O)N2CCNCC2)c1.Cl. The van der Waals surface area contributed by atoms with E-state index in [2.05, 4.69) is 5.32 Å². The first-order valence-corrected chi connectivity index (χ1v) is 10.6. The van der Waals surface area contributed by atoms with Gasteiger partial charge in [0.2, 0.25) is 0 Å². The van der Waals surface area contributed by atoms with E-state index in [1.807, 2.05) is 31.2 Å². The second kappa shape index (κ2) is 8.11. The van der Waals surface area contributed by atoms with Crippen LogP contribution in [0.1, 0.15) is 22.8 Å². The number of nitrogens with one attached hydrogen (secondary N) is 1. The zero-order valence-electron chi connectivity index (χ0n) is 15.7. The summed E-state index contributed by atoms with van der Waals surface area (Å²) in [6.07, 6.45) is 0.689. The molecule has 0 saturated carbocycles. The molecular weight excluding hydrogens is 398 g/mol. The molecule has 1 amide bonds. The van der Waals surface area contributed by atoms with E-state index >= 15 is 0 Å². The summed E-state index contributed by atoms with van der Waals surface area (Å²) in [6.45, 7) is 4.68. The van der Waals surface area contributed by atoms with Gasteiger partial charge in [-0.3, -0.25) is 9.10 Å². The average Bonchev–Trinajstić information content (AvgIpc) is 3.04. The van der Waals surface area contributed by atoms with Crippen molar-refractivity contribution in [1.29, 1.82) is 0 Å². The predicted octanol–water partition coefficient (Wildman–Crippen LogP) is 2.29. The van der Waals surface area contributed by atoms with E-state index in [0.29, 0.717) is 25.1 Å².